The number of aromatic nitrogens is 4. The lowest BCUT2D eigenvalue weighted by Gasteiger charge is -2.03. The third kappa shape index (κ3) is 2.97. The summed E-state index contributed by atoms with van der Waals surface area (Å²) in [5, 5.41) is 10.9. The third-order valence-electron chi connectivity index (χ3n) is 4.06. The van der Waals surface area contributed by atoms with Gasteiger partial charge in [-0.1, -0.05) is 36.4 Å². The molecule has 132 valence electrons. The second-order valence-electron chi connectivity index (χ2n) is 5.76. The Morgan fingerprint density at radius 3 is 2.56 bits per heavy atom. The standard InChI is InChI=1S/C18H12N6O3/c19-16-14-18(21-9-20-16)23-17(22-14)11-6-4-10(5-7-11)15(25)12-2-1-3-13(8-12)24(26)27/h1-9H,(H3,19,20,21,22,23). The van der Waals surface area contributed by atoms with E-state index < -0.39 is 4.92 Å². The van der Waals surface area contributed by atoms with Crippen molar-refractivity contribution in [1.82, 2.24) is 19.9 Å². The number of fused-ring (bicyclic) bond motifs is 1. The summed E-state index contributed by atoms with van der Waals surface area (Å²) in [7, 11) is 0. The van der Waals surface area contributed by atoms with Crippen LogP contribution in [0.25, 0.3) is 22.6 Å². The fourth-order valence-electron chi connectivity index (χ4n) is 2.69. The number of nitrogens with two attached hydrogens (primary N) is 1. The molecule has 4 aromatic rings. The van der Waals surface area contributed by atoms with Crippen LogP contribution in [0.3, 0.4) is 0 Å². The van der Waals surface area contributed by atoms with Gasteiger partial charge in [-0.15, -0.1) is 0 Å². The number of ketones is 1. The molecule has 0 amide bonds. The van der Waals surface area contributed by atoms with Gasteiger partial charge in [-0.2, -0.15) is 0 Å². The Labute approximate surface area is 152 Å². The zero-order valence-electron chi connectivity index (χ0n) is 13.8. The number of anilines is 1. The van der Waals surface area contributed by atoms with E-state index in [4.69, 9.17) is 5.73 Å². The number of rotatable bonds is 4. The predicted molar refractivity (Wildman–Crippen MR) is 98.1 cm³/mol. The van der Waals surface area contributed by atoms with Crippen molar-refractivity contribution in [3.63, 3.8) is 0 Å². The van der Waals surface area contributed by atoms with E-state index in [1.54, 1.807) is 30.3 Å². The molecule has 0 bridgehead atoms. The topological polar surface area (TPSA) is 141 Å². The Bertz CT molecular complexity index is 1180. The maximum absolute atomic E-state index is 12.6. The molecule has 0 aliphatic carbocycles. The van der Waals surface area contributed by atoms with E-state index in [9.17, 15) is 14.9 Å². The van der Waals surface area contributed by atoms with Gasteiger partial charge in [0.1, 0.15) is 17.7 Å². The number of nitro groups is 1. The SMILES string of the molecule is Nc1ncnc2nc(-c3ccc(C(=O)c4cccc([N+](=O)[O-])c4)cc3)[nH]c12. The summed E-state index contributed by atoms with van der Waals surface area (Å²) in [4.78, 5) is 38.3. The van der Waals surface area contributed by atoms with Gasteiger partial charge in [-0.05, 0) is 0 Å². The lowest BCUT2D eigenvalue weighted by molar-refractivity contribution is -0.384. The first-order valence-electron chi connectivity index (χ1n) is 7.89. The van der Waals surface area contributed by atoms with Crippen molar-refractivity contribution in [1.29, 1.82) is 0 Å². The number of nitrogen functional groups attached to an aromatic ring is 1. The second kappa shape index (κ2) is 6.30. The summed E-state index contributed by atoms with van der Waals surface area (Å²) in [6, 6.07) is 12.4. The zero-order valence-corrected chi connectivity index (χ0v) is 13.8. The van der Waals surface area contributed by atoms with Crippen LogP contribution >= 0.6 is 0 Å². The van der Waals surface area contributed by atoms with Crippen LogP contribution in [0.15, 0.2) is 54.9 Å². The van der Waals surface area contributed by atoms with Crippen LogP contribution in [0.2, 0.25) is 0 Å². The molecule has 0 aliphatic heterocycles. The minimum Gasteiger partial charge on any atom is -0.382 e. The molecule has 9 nitrogen and oxygen atoms in total. The normalized spacial score (nSPS) is 10.8. The van der Waals surface area contributed by atoms with Gasteiger partial charge in [0.15, 0.2) is 17.2 Å². The van der Waals surface area contributed by atoms with Gasteiger partial charge in [0.25, 0.3) is 5.69 Å². The number of hydrogen-bond acceptors (Lipinski definition) is 7. The highest BCUT2D eigenvalue weighted by atomic mass is 16.6. The smallest absolute Gasteiger partial charge is 0.270 e. The van der Waals surface area contributed by atoms with Crippen molar-refractivity contribution in [2.24, 2.45) is 0 Å². The number of imidazole rings is 1. The summed E-state index contributed by atoms with van der Waals surface area (Å²) in [6.45, 7) is 0. The third-order valence-corrected chi connectivity index (χ3v) is 4.06. The lowest BCUT2D eigenvalue weighted by atomic mass is 10.0. The van der Waals surface area contributed by atoms with E-state index in [1.807, 2.05) is 0 Å². The van der Waals surface area contributed by atoms with E-state index in [-0.39, 0.29) is 17.0 Å². The molecule has 0 atom stereocenters. The number of aromatic amines is 1. The molecular formula is C18H12N6O3. The molecule has 0 aliphatic rings. The van der Waals surface area contributed by atoms with Crippen LogP contribution in [-0.2, 0) is 0 Å². The fourth-order valence-corrected chi connectivity index (χ4v) is 2.69. The summed E-state index contributed by atoms with van der Waals surface area (Å²) < 4.78 is 0. The molecule has 0 radical (unpaired) electrons. The Morgan fingerprint density at radius 2 is 1.85 bits per heavy atom. The molecule has 27 heavy (non-hydrogen) atoms. The molecule has 0 saturated heterocycles. The Morgan fingerprint density at radius 1 is 1.07 bits per heavy atom. The highest BCUT2D eigenvalue weighted by Gasteiger charge is 2.14. The number of benzene rings is 2. The maximum Gasteiger partial charge on any atom is 0.270 e. The number of non-ortho nitro benzene ring substituents is 1. The van der Waals surface area contributed by atoms with Gasteiger partial charge in [-0.3, -0.25) is 14.9 Å². The van der Waals surface area contributed by atoms with E-state index in [0.717, 1.165) is 5.56 Å². The lowest BCUT2D eigenvalue weighted by Crippen LogP contribution is -2.02. The van der Waals surface area contributed by atoms with E-state index in [1.165, 1.54) is 24.5 Å². The first-order valence-corrected chi connectivity index (χ1v) is 7.89. The molecule has 9 heteroatoms. The van der Waals surface area contributed by atoms with Gasteiger partial charge in [0, 0.05) is 28.8 Å². The number of hydrogen-bond donors (Lipinski definition) is 2. The zero-order chi connectivity index (χ0) is 19.0. The van der Waals surface area contributed by atoms with Crippen molar-refractivity contribution in [2.75, 3.05) is 5.73 Å². The van der Waals surface area contributed by atoms with Gasteiger partial charge < -0.3 is 10.7 Å². The average Bonchev–Trinajstić information content (AvgIpc) is 3.13. The number of nitro benzene ring substituents is 1. The summed E-state index contributed by atoms with van der Waals surface area (Å²) in [5.74, 6) is 0.549. The first-order chi connectivity index (χ1) is 13.0. The molecular weight excluding hydrogens is 348 g/mol. The van der Waals surface area contributed by atoms with E-state index in [0.29, 0.717) is 28.4 Å². The highest BCUT2D eigenvalue weighted by Crippen LogP contribution is 2.23. The Kier molecular flexibility index (Phi) is 3.81. The van der Waals surface area contributed by atoms with Crippen LogP contribution in [-0.4, -0.2) is 30.6 Å². The Hall–Kier alpha value is -4.14. The molecule has 2 aromatic heterocycles. The van der Waals surface area contributed by atoms with Crippen LogP contribution < -0.4 is 5.73 Å². The molecule has 4 rings (SSSR count). The van der Waals surface area contributed by atoms with Crippen molar-refractivity contribution in [2.45, 2.75) is 0 Å². The molecule has 0 spiro atoms. The van der Waals surface area contributed by atoms with Gasteiger partial charge in [0.2, 0.25) is 0 Å². The van der Waals surface area contributed by atoms with Crippen molar-refractivity contribution < 1.29 is 9.72 Å². The minimum absolute atomic E-state index is 0.126. The van der Waals surface area contributed by atoms with Crippen LogP contribution in [0.5, 0.6) is 0 Å². The first kappa shape index (κ1) is 16.3. The van der Waals surface area contributed by atoms with Crippen molar-refractivity contribution >= 4 is 28.5 Å². The van der Waals surface area contributed by atoms with Crippen LogP contribution in [0, 0.1) is 10.1 Å². The Balaban J connectivity index is 1.65. The van der Waals surface area contributed by atoms with Crippen molar-refractivity contribution in [3.8, 4) is 11.4 Å². The summed E-state index contributed by atoms with van der Waals surface area (Å²) in [6.07, 6.45) is 1.34. The summed E-state index contributed by atoms with van der Waals surface area (Å²) in [5.41, 5.74) is 8.07. The van der Waals surface area contributed by atoms with Gasteiger partial charge in [-0.25, -0.2) is 15.0 Å². The quantitative estimate of drug-likeness (QED) is 0.324. The number of carbonyl (C=O) groups excluding carboxylic acids is 1. The monoisotopic (exact) mass is 360 g/mol. The number of H-pyrrole nitrogens is 1. The molecule has 2 aromatic carbocycles. The molecule has 0 unspecified atom stereocenters. The molecule has 3 N–H and O–H groups in total. The second-order valence-corrected chi connectivity index (χ2v) is 5.76. The van der Waals surface area contributed by atoms with Crippen LogP contribution in [0.4, 0.5) is 11.5 Å². The van der Waals surface area contributed by atoms with E-state index >= 15 is 0 Å². The number of carbonyl (C=O) groups is 1. The van der Waals surface area contributed by atoms with Gasteiger partial charge >= 0.3 is 0 Å². The minimum atomic E-state index is -0.532. The molecule has 2 heterocycles. The van der Waals surface area contributed by atoms with Gasteiger partial charge in [0.05, 0.1) is 4.92 Å². The summed E-state index contributed by atoms with van der Waals surface area (Å²) >= 11 is 0. The molecule has 0 saturated carbocycles. The van der Waals surface area contributed by atoms with E-state index in [2.05, 4.69) is 19.9 Å². The molecule has 0 fully saturated rings. The largest absolute Gasteiger partial charge is 0.382 e. The van der Waals surface area contributed by atoms with Crippen molar-refractivity contribution in [3.05, 3.63) is 76.1 Å². The average molecular weight is 360 g/mol. The highest BCUT2D eigenvalue weighted by molar-refractivity contribution is 6.09. The maximum atomic E-state index is 12.6. The predicted octanol–water partition coefficient (Wildman–Crippen LogP) is 2.74. The van der Waals surface area contributed by atoms with Crippen LogP contribution in [0.1, 0.15) is 15.9 Å². The fraction of sp³-hybridized carbons (Fsp3) is 0. The number of nitrogens with zero attached hydrogens (tertiary/aromatic N) is 4. The number of nitrogens with one attached hydrogen (secondary N) is 1.